The maximum Gasteiger partial charge on any atom is 0.230 e. The quantitative estimate of drug-likeness (QED) is 0.372. The predicted molar refractivity (Wildman–Crippen MR) is 128 cm³/mol. The topological polar surface area (TPSA) is 57.2 Å². The molecule has 1 aliphatic heterocycles. The van der Waals surface area contributed by atoms with E-state index in [1.54, 1.807) is 4.90 Å². The molecule has 0 bridgehead atoms. The number of carbonyl (C=O) groups is 1. The van der Waals surface area contributed by atoms with E-state index in [9.17, 15) is 4.79 Å². The first-order valence-electron chi connectivity index (χ1n) is 10.4. The van der Waals surface area contributed by atoms with E-state index in [1.165, 1.54) is 0 Å². The number of para-hydroxylation sites is 1. The maximum atomic E-state index is 12.8. The third kappa shape index (κ3) is 5.99. The van der Waals surface area contributed by atoms with E-state index in [-0.39, 0.29) is 41.4 Å². The molecule has 1 saturated carbocycles. The molecule has 6 nitrogen and oxygen atoms in total. The summed E-state index contributed by atoms with van der Waals surface area (Å²) < 4.78 is 6.09. The Balaban J connectivity index is 0.00000300. The zero-order valence-electron chi connectivity index (χ0n) is 17.9. The van der Waals surface area contributed by atoms with Crippen LogP contribution in [0.5, 0.6) is 5.75 Å². The van der Waals surface area contributed by atoms with Crippen molar-refractivity contribution in [2.24, 2.45) is 10.4 Å². The molecule has 3 rings (SSSR count). The number of hydrogen-bond donors (Lipinski definition) is 1. The monoisotopic (exact) mass is 514 g/mol. The fourth-order valence-corrected chi connectivity index (χ4v) is 4.45. The summed E-state index contributed by atoms with van der Waals surface area (Å²) in [5, 5.41) is 3.51. The zero-order chi connectivity index (χ0) is 20.0. The number of nitrogens with one attached hydrogen (secondary N) is 1. The lowest BCUT2D eigenvalue weighted by atomic mass is 9.84. The van der Waals surface area contributed by atoms with Crippen molar-refractivity contribution in [3.05, 3.63) is 30.3 Å². The lowest BCUT2D eigenvalue weighted by Crippen LogP contribution is -2.52. The minimum absolute atomic E-state index is 0. The maximum absolute atomic E-state index is 12.8. The van der Waals surface area contributed by atoms with Gasteiger partial charge in [0.2, 0.25) is 5.91 Å². The van der Waals surface area contributed by atoms with Crippen LogP contribution in [0.3, 0.4) is 0 Å². The van der Waals surface area contributed by atoms with Gasteiger partial charge in [-0.05, 0) is 25.0 Å². The molecule has 1 saturated heterocycles. The van der Waals surface area contributed by atoms with Gasteiger partial charge in [0.25, 0.3) is 0 Å². The molecule has 29 heavy (non-hydrogen) atoms. The number of hydrogen-bond acceptors (Lipinski definition) is 3. The van der Waals surface area contributed by atoms with Crippen LogP contribution in [0.1, 0.15) is 38.5 Å². The Morgan fingerprint density at radius 1 is 1.21 bits per heavy atom. The van der Waals surface area contributed by atoms with Crippen LogP contribution in [0.25, 0.3) is 0 Å². The molecule has 1 aromatic carbocycles. The second-order valence-corrected chi connectivity index (χ2v) is 8.21. The van der Waals surface area contributed by atoms with Crippen LogP contribution >= 0.6 is 24.0 Å². The molecule has 2 fully saturated rings. The van der Waals surface area contributed by atoms with E-state index in [2.05, 4.69) is 15.2 Å². The first-order valence-corrected chi connectivity index (χ1v) is 10.4. The molecule has 1 aromatic rings. The van der Waals surface area contributed by atoms with Crippen molar-refractivity contribution in [1.29, 1.82) is 0 Å². The molecule has 1 amide bonds. The highest BCUT2D eigenvalue weighted by atomic mass is 127. The number of nitrogens with zero attached hydrogens (tertiary/aromatic N) is 3. The molecule has 1 N–H and O–H groups in total. The number of piperidine rings is 1. The van der Waals surface area contributed by atoms with Crippen molar-refractivity contribution >= 4 is 35.8 Å². The summed E-state index contributed by atoms with van der Waals surface area (Å²) in [7, 11) is 5.54. The Morgan fingerprint density at radius 2 is 1.83 bits per heavy atom. The Hall–Kier alpha value is -1.51. The Labute approximate surface area is 192 Å². The number of carbonyl (C=O) groups excluding carboxylic acids is 1. The molecule has 0 radical (unpaired) electrons. The third-order valence-electron chi connectivity index (χ3n) is 6.00. The van der Waals surface area contributed by atoms with Gasteiger partial charge < -0.3 is 19.9 Å². The summed E-state index contributed by atoms with van der Waals surface area (Å²) in [6, 6.07) is 10.0. The van der Waals surface area contributed by atoms with Crippen LogP contribution in [0, 0.1) is 5.41 Å². The molecule has 0 spiro atoms. The molecule has 0 atom stereocenters. The number of guanidine groups is 1. The highest BCUT2D eigenvalue weighted by molar-refractivity contribution is 14.0. The van der Waals surface area contributed by atoms with Gasteiger partial charge in [0.1, 0.15) is 11.9 Å². The second kappa shape index (κ2) is 11.0. The van der Waals surface area contributed by atoms with E-state index in [0.717, 1.165) is 63.3 Å². The Morgan fingerprint density at radius 3 is 2.38 bits per heavy atom. The van der Waals surface area contributed by atoms with Crippen LogP contribution < -0.4 is 10.1 Å². The average Bonchev–Trinajstić information content (AvgIpc) is 3.20. The number of ether oxygens (including phenoxy) is 1. The van der Waals surface area contributed by atoms with Gasteiger partial charge in [0.15, 0.2) is 5.96 Å². The number of benzene rings is 1. The number of aliphatic imine (C=N–C) groups is 1. The summed E-state index contributed by atoms with van der Waals surface area (Å²) in [6.45, 7) is 2.48. The van der Waals surface area contributed by atoms with Crippen LogP contribution in [-0.4, -0.2) is 68.5 Å². The van der Waals surface area contributed by atoms with Gasteiger partial charge in [-0.2, -0.15) is 0 Å². The lowest BCUT2D eigenvalue weighted by Gasteiger charge is -2.36. The highest BCUT2D eigenvalue weighted by Gasteiger charge is 2.42. The van der Waals surface area contributed by atoms with E-state index < -0.39 is 0 Å². The van der Waals surface area contributed by atoms with Crippen molar-refractivity contribution in [3.63, 3.8) is 0 Å². The summed E-state index contributed by atoms with van der Waals surface area (Å²) in [4.78, 5) is 21.3. The van der Waals surface area contributed by atoms with Gasteiger partial charge in [0.05, 0.1) is 5.41 Å². The van der Waals surface area contributed by atoms with Crippen LogP contribution in [-0.2, 0) is 4.79 Å². The van der Waals surface area contributed by atoms with Crippen LogP contribution in [0.4, 0.5) is 0 Å². The molecule has 2 aliphatic rings. The minimum atomic E-state index is -0.284. The van der Waals surface area contributed by atoms with Gasteiger partial charge in [-0.25, -0.2) is 0 Å². The fraction of sp³-hybridized carbons (Fsp3) is 0.636. The van der Waals surface area contributed by atoms with Gasteiger partial charge in [0, 0.05) is 53.6 Å². The first kappa shape index (κ1) is 23.8. The Kier molecular flexibility index (Phi) is 9.04. The van der Waals surface area contributed by atoms with E-state index >= 15 is 0 Å². The second-order valence-electron chi connectivity index (χ2n) is 8.21. The van der Waals surface area contributed by atoms with Crippen molar-refractivity contribution in [1.82, 2.24) is 15.1 Å². The first-order chi connectivity index (χ1) is 13.5. The molecule has 162 valence electrons. The van der Waals surface area contributed by atoms with Gasteiger partial charge >= 0.3 is 0 Å². The molecule has 1 aliphatic carbocycles. The molecule has 7 heteroatoms. The summed E-state index contributed by atoms with van der Waals surface area (Å²) in [5.41, 5.74) is -0.284. The standard InChI is InChI=1S/C22H34N4O2.HI/c1-23-21(24-17-22(13-7-8-14-22)20(27)25(2)3)26-15-11-19(12-16-26)28-18-9-5-4-6-10-18;/h4-6,9-10,19H,7-8,11-17H2,1-3H3,(H,23,24);1H. The van der Waals surface area contributed by atoms with Crippen molar-refractivity contribution in [3.8, 4) is 5.75 Å². The fourth-order valence-electron chi connectivity index (χ4n) is 4.45. The Bertz CT molecular complexity index is 667. The third-order valence-corrected chi connectivity index (χ3v) is 6.00. The minimum Gasteiger partial charge on any atom is -0.490 e. The molecule has 0 unspecified atom stereocenters. The number of amides is 1. The smallest absolute Gasteiger partial charge is 0.230 e. The number of likely N-dealkylation sites (tertiary alicyclic amines) is 1. The summed E-state index contributed by atoms with van der Waals surface area (Å²) >= 11 is 0. The predicted octanol–water partition coefficient (Wildman–Crippen LogP) is 3.37. The normalized spacial score (nSPS) is 19.4. The SMILES string of the molecule is CN=C(NCC1(C(=O)N(C)C)CCCC1)N1CCC(Oc2ccccc2)CC1.I. The lowest BCUT2D eigenvalue weighted by molar-refractivity contribution is -0.138. The van der Waals surface area contributed by atoms with Crippen molar-refractivity contribution < 1.29 is 9.53 Å². The van der Waals surface area contributed by atoms with Crippen LogP contribution in [0.2, 0.25) is 0 Å². The largest absolute Gasteiger partial charge is 0.490 e. The molecular formula is C22H35IN4O2. The van der Waals surface area contributed by atoms with Gasteiger partial charge in [-0.15, -0.1) is 24.0 Å². The molecule has 1 heterocycles. The number of halogens is 1. The summed E-state index contributed by atoms with van der Waals surface area (Å²) in [6.07, 6.45) is 6.36. The summed E-state index contributed by atoms with van der Waals surface area (Å²) in [5.74, 6) is 2.08. The molecule has 0 aromatic heterocycles. The van der Waals surface area contributed by atoms with E-state index in [0.29, 0.717) is 6.54 Å². The van der Waals surface area contributed by atoms with Crippen LogP contribution in [0.15, 0.2) is 35.3 Å². The van der Waals surface area contributed by atoms with E-state index in [4.69, 9.17) is 4.74 Å². The highest BCUT2D eigenvalue weighted by Crippen LogP contribution is 2.39. The van der Waals surface area contributed by atoms with E-state index in [1.807, 2.05) is 51.5 Å². The average molecular weight is 514 g/mol. The molecular weight excluding hydrogens is 479 g/mol. The van der Waals surface area contributed by atoms with Gasteiger partial charge in [-0.1, -0.05) is 31.0 Å². The zero-order valence-corrected chi connectivity index (χ0v) is 20.2. The van der Waals surface area contributed by atoms with Crippen molar-refractivity contribution in [2.75, 3.05) is 40.8 Å². The number of rotatable bonds is 5. The van der Waals surface area contributed by atoms with Gasteiger partial charge in [-0.3, -0.25) is 9.79 Å². The van der Waals surface area contributed by atoms with Crippen molar-refractivity contribution in [2.45, 2.75) is 44.6 Å².